The average Bonchev–Trinajstić information content (AvgIpc) is 2.79. The Morgan fingerprint density at radius 1 is 0.935 bits per heavy atom. The predicted molar refractivity (Wildman–Crippen MR) is 128 cm³/mol. The number of amides is 1. The number of H-pyrrole nitrogens is 1. The highest BCUT2D eigenvalue weighted by Crippen LogP contribution is 2.15. The third kappa shape index (κ3) is 8.99. The lowest BCUT2D eigenvalue weighted by molar-refractivity contribution is -0.118. The zero-order chi connectivity index (χ0) is 22.3. The minimum absolute atomic E-state index is 0.137. The quantitative estimate of drug-likeness (QED) is 0.345. The van der Waals surface area contributed by atoms with E-state index in [1.807, 2.05) is 42.5 Å². The topological polar surface area (TPSA) is 88.8 Å². The van der Waals surface area contributed by atoms with Gasteiger partial charge in [-0.15, -0.1) is 0 Å². The Kier molecular flexibility index (Phi) is 10.8. The molecule has 0 fully saturated rings. The van der Waals surface area contributed by atoms with Crippen molar-refractivity contribution in [3.8, 4) is 0 Å². The molecule has 0 aliphatic rings. The van der Waals surface area contributed by atoms with Crippen molar-refractivity contribution in [2.45, 2.75) is 58.3 Å². The summed E-state index contributed by atoms with van der Waals surface area (Å²) in [5, 5.41) is 8.34. The van der Waals surface area contributed by atoms with Crippen molar-refractivity contribution in [3.63, 3.8) is 0 Å². The fourth-order valence-electron chi connectivity index (χ4n) is 3.24. The number of unbranched alkanes of at least 4 members (excludes halogenated alkanes) is 4. The van der Waals surface area contributed by atoms with Gasteiger partial charge in [0.2, 0.25) is 5.91 Å². The summed E-state index contributed by atoms with van der Waals surface area (Å²) in [6.45, 7) is 2.20. The molecule has 164 valence electrons. The summed E-state index contributed by atoms with van der Waals surface area (Å²) in [4.78, 5) is 22.0. The Morgan fingerprint density at radius 3 is 2.26 bits per heavy atom. The summed E-state index contributed by atoms with van der Waals surface area (Å²) in [5.41, 5.74) is 6.96. The van der Waals surface area contributed by atoms with Crippen molar-refractivity contribution in [3.05, 3.63) is 88.4 Å². The van der Waals surface area contributed by atoms with E-state index >= 15 is 0 Å². The monoisotopic (exact) mass is 419 g/mol. The van der Waals surface area contributed by atoms with Gasteiger partial charge in [0, 0.05) is 18.2 Å². The molecule has 0 radical (unpaired) electrons. The SMILES string of the molecule is CCCCC/C=C/CCCC(N)=O.O=c1[nH]nc(Cc2ccccc2)c2ccccc12. The normalized spacial score (nSPS) is 10.7. The Labute approximate surface area is 184 Å². The Morgan fingerprint density at radius 2 is 1.58 bits per heavy atom. The number of benzene rings is 2. The van der Waals surface area contributed by atoms with Gasteiger partial charge in [-0.25, -0.2) is 5.10 Å². The maximum Gasteiger partial charge on any atom is 0.272 e. The van der Waals surface area contributed by atoms with Crippen LogP contribution < -0.4 is 11.3 Å². The molecule has 0 saturated carbocycles. The molecule has 1 heterocycles. The van der Waals surface area contributed by atoms with Crippen molar-refractivity contribution in [2.24, 2.45) is 5.73 Å². The predicted octanol–water partition coefficient (Wildman–Crippen LogP) is 5.29. The van der Waals surface area contributed by atoms with E-state index in [1.165, 1.54) is 31.2 Å². The van der Waals surface area contributed by atoms with E-state index in [-0.39, 0.29) is 11.5 Å². The molecule has 3 aromatic rings. The molecule has 0 aliphatic heterocycles. The van der Waals surface area contributed by atoms with Crippen molar-refractivity contribution in [1.29, 1.82) is 0 Å². The molecular weight excluding hydrogens is 386 g/mol. The van der Waals surface area contributed by atoms with E-state index in [4.69, 9.17) is 5.73 Å². The highest BCUT2D eigenvalue weighted by atomic mass is 16.1. The van der Waals surface area contributed by atoms with Crippen molar-refractivity contribution >= 4 is 16.7 Å². The summed E-state index contributed by atoms with van der Waals surface area (Å²) in [6, 6.07) is 17.7. The minimum Gasteiger partial charge on any atom is -0.370 e. The molecule has 3 N–H and O–H groups in total. The highest BCUT2D eigenvalue weighted by molar-refractivity contribution is 5.83. The van der Waals surface area contributed by atoms with Gasteiger partial charge >= 0.3 is 0 Å². The number of primary amides is 1. The van der Waals surface area contributed by atoms with Crippen LogP contribution in [0.15, 0.2) is 71.5 Å². The Bertz CT molecular complexity index is 1010. The second-order valence-electron chi connectivity index (χ2n) is 7.53. The highest BCUT2D eigenvalue weighted by Gasteiger charge is 2.06. The molecule has 1 amide bonds. The summed E-state index contributed by atoms with van der Waals surface area (Å²) in [6.07, 6.45) is 12.5. The minimum atomic E-state index is -0.195. The first-order valence-corrected chi connectivity index (χ1v) is 11.0. The van der Waals surface area contributed by atoms with Crippen LogP contribution in [-0.4, -0.2) is 16.1 Å². The van der Waals surface area contributed by atoms with Gasteiger partial charge in [0.25, 0.3) is 5.56 Å². The Balaban J connectivity index is 0.000000235. The number of nitrogens with two attached hydrogens (primary N) is 1. The van der Waals surface area contributed by atoms with E-state index in [0.29, 0.717) is 11.8 Å². The van der Waals surface area contributed by atoms with Crippen molar-refractivity contribution in [1.82, 2.24) is 10.2 Å². The first-order chi connectivity index (χ1) is 15.1. The molecule has 5 heteroatoms. The molecule has 0 unspecified atom stereocenters. The third-order valence-corrected chi connectivity index (χ3v) is 4.92. The van der Waals surface area contributed by atoms with Gasteiger partial charge in [-0.2, -0.15) is 5.10 Å². The number of hydrogen-bond donors (Lipinski definition) is 2. The van der Waals surface area contributed by atoms with E-state index in [9.17, 15) is 9.59 Å². The Hall–Kier alpha value is -3.21. The number of hydrogen-bond acceptors (Lipinski definition) is 3. The lowest BCUT2D eigenvalue weighted by atomic mass is 10.0. The van der Waals surface area contributed by atoms with Crippen LogP contribution in [0.4, 0.5) is 0 Å². The zero-order valence-electron chi connectivity index (χ0n) is 18.3. The van der Waals surface area contributed by atoms with Crippen LogP contribution in [0.5, 0.6) is 0 Å². The molecule has 3 rings (SSSR count). The molecule has 31 heavy (non-hydrogen) atoms. The zero-order valence-corrected chi connectivity index (χ0v) is 18.3. The standard InChI is InChI=1S/C15H12N2O.C11H21NO/c18-15-13-9-5-4-8-12(13)14(16-17-15)10-11-6-2-1-3-7-11;1-2-3-4-5-6-7-8-9-10-11(12)13/h1-9H,10H2,(H,17,18);6-7H,2-5,8-10H2,1H3,(H2,12,13)/b;7-6+. The van der Waals surface area contributed by atoms with Gasteiger partial charge in [0.15, 0.2) is 0 Å². The lowest BCUT2D eigenvalue weighted by Crippen LogP contribution is -2.11. The summed E-state index contributed by atoms with van der Waals surface area (Å²) in [7, 11) is 0. The van der Waals surface area contributed by atoms with E-state index in [0.717, 1.165) is 30.3 Å². The fourth-order valence-corrected chi connectivity index (χ4v) is 3.24. The summed E-state index contributed by atoms with van der Waals surface area (Å²) < 4.78 is 0. The van der Waals surface area contributed by atoms with Crippen molar-refractivity contribution in [2.75, 3.05) is 0 Å². The number of nitrogens with one attached hydrogen (secondary N) is 1. The maximum atomic E-state index is 11.7. The van der Waals surface area contributed by atoms with Crippen LogP contribution in [0.2, 0.25) is 0 Å². The van der Waals surface area contributed by atoms with Crippen LogP contribution in [-0.2, 0) is 11.2 Å². The van der Waals surface area contributed by atoms with Gasteiger partial charge < -0.3 is 5.73 Å². The van der Waals surface area contributed by atoms with Crippen LogP contribution in [0, 0.1) is 0 Å². The number of fused-ring (bicyclic) bond motifs is 1. The largest absolute Gasteiger partial charge is 0.370 e. The van der Waals surface area contributed by atoms with Gasteiger partial charge in [-0.1, -0.05) is 80.4 Å². The molecule has 1 aromatic heterocycles. The van der Waals surface area contributed by atoms with Gasteiger partial charge in [0.05, 0.1) is 11.1 Å². The molecule has 2 aromatic carbocycles. The first-order valence-electron chi connectivity index (χ1n) is 11.0. The molecular formula is C26H33N3O2. The van der Waals surface area contributed by atoms with Crippen LogP contribution in [0.3, 0.4) is 0 Å². The van der Waals surface area contributed by atoms with Gasteiger partial charge in [-0.3, -0.25) is 9.59 Å². The van der Waals surface area contributed by atoms with Crippen molar-refractivity contribution < 1.29 is 4.79 Å². The number of aromatic amines is 1. The van der Waals surface area contributed by atoms with E-state index < -0.39 is 0 Å². The number of carbonyl (C=O) groups excluding carboxylic acids is 1. The van der Waals surface area contributed by atoms with E-state index in [2.05, 4.69) is 41.4 Å². The molecule has 0 atom stereocenters. The number of rotatable bonds is 10. The second kappa shape index (κ2) is 13.9. The molecule has 5 nitrogen and oxygen atoms in total. The number of aromatic nitrogens is 2. The summed E-state index contributed by atoms with van der Waals surface area (Å²) in [5.74, 6) is -0.195. The number of nitrogens with zero attached hydrogens (tertiary/aromatic N) is 1. The first kappa shape index (κ1) is 24.1. The van der Waals surface area contributed by atoms with Gasteiger partial charge in [0.1, 0.15) is 0 Å². The number of allylic oxidation sites excluding steroid dienone is 2. The molecule has 0 bridgehead atoms. The molecule has 0 saturated heterocycles. The fraction of sp³-hybridized carbons (Fsp3) is 0.346. The molecule has 0 spiro atoms. The molecule has 0 aliphatic carbocycles. The summed E-state index contributed by atoms with van der Waals surface area (Å²) >= 11 is 0. The average molecular weight is 420 g/mol. The van der Waals surface area contributed by atoms with Crippen LogP contribution in [0.25, 0.3) is 10.8 Å². The lowest BCUT2D eigenvalue weighted by Gasteiger charge is -2.04. The smallest absolute Gasteiger partial charge is 0.272 e. The van der Waals surface area contributed by atoms with Crippen LogP contribution >= 0.6 is 0 Å². The third-order valence-electron chi connectivity index (χ3n) is 4.92. The maximum absolute atomic E-state index is 11.7. The number of carbonyl (C=O) groups is 1. The van der Waals surface area contributed by atoms with Gasteiger partial charge in [-0.05, 0) is 37.3 Å². The second-order valence-corrected chi connectivity index (χ2v) is 7.53. The van der Waals surface area contributed by atoms with E-state index in [1.54, 1.807) is 0 Å². The van der Waals surface area contributed by atoms with Crippen LogP contribution in [0.1, 0.15) is 63.1 Å².